The van der Waals surface area contributed by atoms with Gasteiger partial charge in [-0.1, -0.05) is 6.92 Å². The Morgan fingerprint density at radius 3 is 2.66 bits per heavy atom. The first-order valence-corrected chi connectivity index (χ1v) is 16.2. The van der Waals surface area contributed by atoms with Crippen LogP contribution in [0.3, 0.4) is 0 Å². The van der Waals surface area contributed by atoms with Gasteiger partial charge in [0.05, 0.1) is 42.8 Å². The van der Waals surface area contributed by atoms with Gasteiger partial charge >= 0.3 is 0 Å². The zero-order chi connectivity index (χ0) is 31.6. The van der Waals surface area contributed by atoms with Crippen LogP contribution in [-0.4, -0.2) is 71.0 Å². The van der Waals surface area contributed by atoms with Crippen LogP contribution in [0.1, 0.15) is 62.6 Å². The van der Waals surface area contributed by atoms with Crippen LogP contribution >= 0.6 is 11.8 Å². The minimum atomic E-state index is -0.303. The highest BCUT2D eigenvalue weighted by atomic mass is 32.2. The molecule has 3 atom stereocenters. The van der Waals surface area contributed by atoms with Crippen LogP contribution in [0.5, 0.6) is 17.4 Å². The van der Waals surface area contributed by atoms with Gasteiger partial charge in [-0.05, 0) is 82.5 Å². The van der Waals surface area contributed by atoms with Gasteiger partial charge < -0.3 is 29.6 Å². The summed E-state index contributed by atoms with van der Waals surface area (Å²) < 4.78 is 37.0. The lowest BCUT2D eigenvalue weighted by Crippen LogP contribution is -2.43. The van der Waals surface area contributed by atoms with Gasteiger partial charge in [-0.25, -0.2) is 9.37 Å². The number of thioether (sulfide) groups is 1. The molecular weight excluding hydrogens is 583 g/mol. The number of aromatic nitrogens is 2. The van der Waals surface area contributed by atoms with E-state index in [1.807, 2.05) is 18.7 Å². The Morgan fingerprint density at radius 2 is 1.95 bits per heavy atom. The summed E-state index contributed by atoms with van der Waals surface area (Å²) in [6.07, 6.45) is 3.02. The normalized spacial score (nSPS) is 16.0. The van der Waals surface area contributed by atoms with Crippen molar-refractivity contribution in [1.82, 2.24) is 14.9 Å². The van der Waals surface area contributed by atoms with Crippen molar-refractivity contribution >= 4 is 23.4 Å². The molecule has 1 aromatic heterocycles. The van der Waals surface area contributed by atoms with E-state index in [0.717, 1.165) is 24.2 Å². The summed E-state index contributed by atoms with van der Waals surface area (Å²) in [6, 6.07) is 11.3. The number of ether oxygens (including phenoxy) is 4. The van der Waals surface area contributed by atoms with E-state index in [4.69, 9.17) is 24.7 Å². The lowest BCUT2D eigenvalue weighted by Gasteiger charge is -2.31. The van der Waals surface area contributed by atoms with Crippen LogP contribution in [0.2, 0.25) is 0 Å². The van der Waals surface area contributed by atoms with Crippen molar-refractivity contribution in [2.45, 2.75) is 71.0 Å². The smallest absolute Gasteiger partial charge is 0.256 e. The van der Waals surface area contributed by atoms with Crippen LogP contribution in [-0.2, 0) is 4.74 Å². The number of anilines is 1. The van der Waals surface area contributed by atoms with Gasteiger partial charge in [0, 0.05) is 30.8 Å². The number of likely N-dealkylation sites (tertiary alicyclic amines) is 1. The van der Waals surface area contributed by atoms with E-state index < -0.39 is 0 Å². The van der Waals surface area contributed by atoms with E-state index in [2.05, 4.69) is 16.9 Å². The van der Waals surface area contributed by atoms with Crippen molar-refractivity contribution < 1.29 is 28.1 Å². The van der Waals surface area contributed by atoms with E-state index in [1.54, 1.807) is 56.1 Å². The van der Waals surface area contributed by atoms with Crippen molar-refractivity contribution in [1.29, 1.82) is 0 Å². The fraction of sp³-hybridized carbons (Fsp3) is 0.485. The maximum atomic E-state index is 13.8. The monoisotopic (exact) mass is 626 g/mol. The third-order valence-corrected chi connectivity index (χ3v) is 8.52. The molecule has 44 heavy (non-hydrogen) atoms. The van der Waals surface area contributed by atoms with Crippen molar-refractivity contribution in [2.24, 2.45) is 0 Å². The maximum Gasteiger partial charge on any atom is 0.256 e. The molecule has 1 amide bonds. The topological polar surface area (TPSA) is 109 Å². The number of nitrogen functional groups attached to an aromatic ring is 1. The SMILES string of the molecule is CCOC(SCC)[C@@H]1CCCN1C(=O)c1cc(OC)cc(OCCCC(C)Oc2cc(-c3ccc(F)cc3)nc(C)n2)c1N. The van der Waals surface area contributed by atoms with Gasteiger partial charge in [-0.2, -0.15) is 4.98 Å². The number of nitrogens with zero attached hydrogens (tertiary/aromatic N) is 3. The Hall–Kier alpha value is -3.57. The Balaban J connectivity index is 1.37. The third-order valence-electron chi connectivity index (χ3n) is 7.41. The molecule has 9 nitrogen and oxygen atoms in total. The molecule has 4 rings (SSSR count). The Morgan fingerprint density at radius 1 is 1.18 bits per heavy atom. The molecule has 1 fully saturated rings. The largest absolute Gasteiger partial charge is 0.497 e. The summed E-state index contributed by atoms with van der Waals surface area (Å²) in [5.74, 6) is 2.40. The second-order valence-electron chi connectivity index (χ2n) is 10.6. The molecule has 0 saturated carbocycles. The quantitative estimate of drug-likeness (QED) is 0.114. The van der Waals surface area contributed by atoms with Gasteiger partial charge in [0.2, 0.25) is 5.88 Å². The lowest BCUT2D eigenvalue weighted by molar-refractivity contribution is 0.0461. The predicted molar refractivity (Wildman–Crippen MR) is 172 cm³/mol. The zero-order valence-corrected chi connectivity index (χ0v) is 27.0. The number of carbonyl (C=O) groups excluding carboxylic acids is 1. The molecular formula is C33H43FN4O5S. The highest BCUT2D eigenvalue weighted by molar-refractivity contribution is 7.99. The number of carbonyl (C=O) groups is 1. The van der Waals surface area contributed by atoms with Crippen LogP contribution in [0, 0.1) is 12.7 Å². The summed E-state index contributed by atoms with van der Waals surface area (Å²) >= 11 is 1.72. The first-order chi connectivity index (χ1) is 21.2. The van der Waals surface area contributed by atoms with E-state index in [-0.39, 0.29) is 29.3 Å². The molecule has 3 aromatic rings. The summed E-state index contributed by atoms with van der Waals surface area (Å²) in [5, 5.41) is 0. The molecule has 2 N–H and O–H groups in total. The molecule has 2 unspecified atom stereocenters. The lowest BCUT2D eigenvalue weighted by atomic mass is 10.1. The highest BCUT2D eigenvalue weighted by Crippen LogP contribution is 2.36. The van der Waals surface area contributed by atoms with Crippen molar-refractivity contribution in [2.75, 3.05) is 38.4 Å². The summed E-state index contributed by atoms with van der Waals surface area (Å²) in [7, 11) is 1.56. The summed E-state index contributed by atoms with van der Waals surface area (Å²) in [6.45, 7) is 9.44. The number of amides is 1. The number of rotatable bonds is 15. The van der Waals surface area contributed by atoms with E-state index in [9.17, 15) is 9.18 Å². The molecule has 11 heteroatoms. The fourth-order valence-corrected chi connectivity index (χ4v) is 6.35. The van der Waals surface area contributed by atoms with Gasteiger partial charge in [0.15, 0.2) is 0 Å². The summed E-state index contributed by atoms with van der Waals surface area (Å²) in [4.78, 5) is 24.5. The van der Waals surface area contributed by atoms with Crippen LogP contribution in [0.25, 0.3) is 11.3 Å². The van der Waals surface area contributed by atoms with Crippen LogP contribution in [0.4, 0.5) is 10.1 Å². The molecule has 0 bridgehead atoms. The molecule has 2 heterocycles. The number of nitrogens with two attached hydrogens (primary N) is 1. The standard InChI is InChI=1S/C33H43FN4O5S/c1-6-41-33(44-7-2)28-11-8-16-38(28)32(39)26-18-25(40-5)19-29(31(26)35)42-17-9-10-21(3)43-30-20-27(36-22(4)37-30)23-12-14-24(34)15-13-23/h12-15,18-21,28,33H,6-11,16-17,35H2,1-5H3/t21?,28-,33?/m0/s1. The minimum Gasteiger partial charge on any atom is -0.497 e. The molecule has 0 spiro atoms. The zero-order valence-electron chi connectivity index (χ0n) is 26.2. The molecule has 0 radical (unpaired) electrons. The highest BCUT2D eigenvalue weighted by Gasteiger charge is 2.37. The number of benzene rings is 2. The van der Waals surface area contributed by atoms with Crippen LogP contribution in [0.15, 0.2) is 42.5 Å². The minimum absolute atomic E-state index is 0.0192. The number of halogens is 1. The second-order valence-corrected chi connectivity index (χ2v) is 12.0. The van der Waals surface area contributed by atoms with Gasteiger partial charge in [-0.3, -0.25) is 4.79 Å². The number of hydrogen-bond acceptors (Lipinski definition) is 9. The average Bonchev–Trinajstić information content (AvgIpc) is 3.49. The molecule has 2 aromatic carbocycles. The number of methoxy groups -OCH3 is 1. The molecule has 1 saturated heterocycles. The van der Waals surface area contributed by atoms with Crippen LogP contribution < -0.4 is 19.9 Å². The third kappa shape index (κ3) is 8.53. The van der Waals surface area contributed by atoms with Crippen molar-refractivity contribution in [3.8, 4) is 28.6 Å². The van der Waals surface area contributed by atoms with Crippen molar-refractivity contribution in [3.05, 3.63) is 59.7 Å². The number of aryl methyl sites for hydroxylation is 1. The fourth-order valence-electron chi connectivity index (χ4n) is 5.28. The van der Waals surface area contributed by atoms with Gasteiger partial charge in [0.25, 0.3) is 5.91 Å². The first-order valence-electron chi connectivity index (χ1n) is 15.2. The summed E-state index contributed by atoms with van der Waals surface area (Å²) in [5.41, 5.74) is 8.56. The van der Waals surface area contributed by atoms with E-state index in [1.165, 1.54) is 12.1 Å². The predicted octanol–water partition coefficient (Wildman–Crippen LogP) is 6.53. The Bertz CT molecular complexity index is 1390. The molecule has 1 aliphatic rings. The second kappa shape index (κ2) is 15.9. The maximum absolute atomic E-state index is 13.8. The van der Waals surface area contributed by atoms with E-state index >= 15 is 0 Å². The molecule has 238 valence electrons. The Kier molecular flexibility index (Phi) is 12.1. The van der Waals surface area contributed by atoms with Gasteiger partial charge in [-0.15, -0.1) is 11.8 Å². The first kappa shape index (κ1) is 33.3. The van der Waals surface area contributed by atoms with Gasteiger partial charge in [0.1, 0.15) is 28.6 Å². The van der Waals surface area contributed by atoms with E-state index in [0.29, 0.717) is 72.7 Å². The molecule has 1 aliphatic heterocycles. The number of hydrogen-bond donors (Lipinski definition) is 1. The Labute approximate surface area is 263 Å². The average molecular weight is 627 g/mol. The van der Waals surface area contributed by atoms with Crippen molar-refractivity contribution in [3.63, 3.8) is 0 Å². The molecule has 0 aliphatic carbocycles.